The number of para-hydroxylation sites is 1. The highest BCUT2D eigenvalue weighted by Crippen LogP contribution is 2.22. The van der Waals surface area contributed by atoms with Crippen LogP contribution in [0.4, 0.5) is 5.69 Å². The van der Waals surface area contributed by atoms with Gasteiger partial charge in [-0.1, -0.05) is 24.3 Å². The van der Waals surface area contributed by atoms with Crippen LogP contribution in [-0.2, 0) is 21.2 Å². The molecule has 4 rings (SSSR count). The molecular weight excluding hydrogens is 400 g/mol. The summed E-state index contributed by atoms with van der Waals surface area (Å²) in [7, 11) is -1.58. The fourth-order valence-electron chi connectivity index (χ4n) is 3.72. The Labute approximate surface area is 176 Å². The lowest BCUT2D eigenvalue weighted by Gasteiger charge is -2.31. The van der Waals surface area contributed by atoms with Gasteiger partial charge in [-0.05, 0) is 43.3 Å². The van der Waals surface area contributed by atoms with Gasteiger partial charge >= 0.3 is 0 Å². The third-order valence-corrected chi connectivity index (χ3v) is 7.41. The maximum atomic E-state index is 12.9. The van der Waals surface area contributed by atoms with Crippen molar-refractivity contribution in [1.29, 1.82) is 0 Å². The molecule has 0 atom stereocenters. The van der Waals surface area contributed by atoms with E-state index >= 15 is 0 Å². The highest BCUT2D eigenvalue weighted by atomic mass is 32.2. The fraction of sp³-hybridized carbons (Fsp3) is 0.318. The van der Waals surface area contributed by atoms with E-state index in [-0.39, 0.29) is 10.8 Å². The Morgan fingerprint density at radius 1 is 1.07 bits per heavy atom. The first-order chi connectivity index (χ1) is 14.4. The second kappa shape index (κ2) is 8.59. The number of fused-ring (bicyclic) bond motifs is 1. The molecule has 0 radical (unpaired) electrons. The van der Waals surface area contributed by atoms with Gasteiger partial charge in [-0.2, -0.15) is 4.31 Å². The van der Waals surface area contributed by atoms with E-state index in [2.05, 4.69) is 15.2 Å². The Morgan fingerprint density at radius 3 is 2.63 bits per heavy atom. The molecule has 8 heteroatoms. The normalized spacial score (nSPS) is 16.0. The van der Waals surface area contributed by atoms with E-state index in [4.69, 9.17) is 0 Å². The molecule has 30 heavy (non-hydrogen) atoms. The van der Waals surface area contributed by atoms with Crippen LogP contribution in [0.5, 0.6) is 0 Å². The molecule has 0 bridgehead atoms. The van der Waals surface area contributed by atoms with E-state index in [1.165, 1.54) is 10.4 Å². The van der Waals surface area contributed by atoms with E-state index in [9.17, 15) is 13.2 Å². The molecule has 0 unspecified atom stereocenters. The summed E-state index contributed by atoms with van der Waals surface area (Å²) in [6.45, 7) is 2.37. The second-order valence-corrected chi connectivity index (χ2v) is 9.58. The number of benzene rings is 2. The number of nitrogens with zero attached hydrogens (tertiary/aromatic N) is 2. The molecule has 1 aromatic heterocycles. The Kier molecular flexibility index (Phi) is 5.90. The van der Waals surface area contributed by atoms with Crippen molar-refractivity contribution in [2.24, 2.45) is 0 Å². The number of amides is 1. The molecule has 1 aliphatic rings. The zero-order valence-electron chi connectivity index (χ0n) is 17.0. The molecule has 0 spiro atoms. The van der Waals surface area contributed by atoms with Crippen LogP contribution in [0.25, 0.3) is 10.9 Å². The molecule has 2 heterocycles. The second-order valence-electron chi connectivity index (χ2n) is 7.64. The van der Waals surface area contributed by atoms with Crippen LogP contribution in [0.15, 0.2) is 59.6 Å². The number of H-pyrrole nitrogens is 1. The quantitative estimate of drug-likeness (QED) is 0.635. The van der Waals surface area contributed by atoms with Crippen LogP contribution < -0.4 is 5.32 Å². The number of likely N-dealkylation sites (N-methyl/N-ethyl adjacent to an activating group) is 1. The average molecular weight is 427 g/mol. The molecule has 1 fully saturated rings. The average Bonchev–Trinajstić information content (AvgIpc) is 3.16. The minimum atomic E-state index is -3.56. The maximum Gasteiger partial charge on any atom is 0.243 e. The molecule has 1 aliphatic heterocycles. The van der Waals surface area contributed by atoms with E-state index in [1.807, 2.05) is 37.5 Å². The molecule has 0 aliphatic carbocycles. The standard InChI is InChI=1S/C22H26N4O3S/c1-25-11-13-26(14-12-25)30(28,29)19-6-4-5-18(15-19)24-22(27)10-9-17-16-23-21-8-3-2-7-20(17)21/h2-8,15-16,23H,9-14H2,1H3,(H,24,27). The summed E-state index contributed by atoms with van der Waals surface area (Å²) in [6, 6.07) is 14.5. The van der Waals surface area contributed by atoms with Crippen molar-refractivity contribution in [3.63, 3.8) is 0 Å². The number of carbonyl (C=O) groups excluding carboxylic acids is 1. The fourth-order valence-corrected chi connectivity index (χ4v) is 5.19. The minimum absolute atomic E-state index is 0.144. The number of hydrogen-bond acceptors (Lipinski definition) is 4. The third kappa shape index (κ3) is 4.40. The van der Waals surface area contributed by atoms with Gasteiger partial charge in [-0.25, -0.2) is 8.42 Å². The van der Waals surface area contributed by atoms with Crippen molar-refractivity contribution in [3.05, 3.63) is 60.3 Å². The summed E-state index contributed by atoms with van der Waals surface area (Å²) in [5.41, 5.74) is 2.64. The molecule has 7 nitrogen and oxygen atoms in total. The van der Waals surface area contributed by atoms with Gasteiger partial charge in [0.05, 0.1) is 4.90 Å². The molecule has 1 amide bonds. The summed E-state index contributed by atoms with van der Waals surface area (Å²) in [5.74, 6) is -0.144. The smallest absolute Gasteiger partial charge is 0.243 e. The Balaban J connectivity index is 1.40. The number of anilines is 1. The van der Waals surface area contributed by atoms with Gasteiger partial charge in [0.1, 0.15) is 0 Å². The van der Waals surface area contributed by atoms with Gasteiger partial charge in [-0.3, -0.25) is 4.79 Å². The van der Waals surface area contributed by atoms with Crippen molar-refractivity contribution in [2.45, 2.75) is 17.7 Å². The molecule has 158 valence electrons. The zero-order chi connectivity index (χ0) is 21.1. The lowest BCUT2D eigenvalue weighted by Crippen LogP contribution is -2.47. The first kappa shape index (κ1) is 20.6. The van der Waals surface area contributed by atoms with Crippen LogP contribution in [-0.4, -0.2) is 61.7 Å². The SMILES string of the molecule is CN1CCN(S(=O)(=O)c2cccc(NC(=O)CCc3c[nH]c4ccccc34)c2)CC1. The van der Waals surface area contributed by atoms with E-state index in [0.717, 1.165) is 16.5 Å². The topological polar surface area (TPSA) is 85.5 Å². The number of hydrogen-bond donors (Lipinski definition) is 2. The zero-order valence-corrected chi connectivity index (χ0v) is 17.8. The number of aromatic amines is 1. The number of rotatable bonds is 6. The van der Waals surface area contributed by atoms with E-state index < -0.39 is 10.0 Å². The molecule has 2 aromatic carbocycles. The lowest BCUT2D eigenvalue weighted by atomic mass is 10.1. The largest absolute Gasteiger partial charge is 0.361 e. The number of carbonyl (C=O) groups is 1. The van der Waals surface area contributed by atoms with Gasteiger partial charge in [0.25, 0.3) is 0 Å². The monoisotopic (exact) mass is 426 g/mol. The highest BCUT2D eigenvalue weighted by molar-refractivity contribution is 7.89. The summed E-state index contributed by atoms with van der Waals surface area (Å²) < 4.78 is 27.4. The summed E-state index contributed by atoms with van der Waals surface area (Å²) in [4.78, 5) is 18.0. The number of aromatic nitrogens is 1. The first-order valence-electron chi connectivity index (χ1n) is 10.1. The van der Waals surface area contributed by atoms with Crippen molar-refractivity contribution in [1.82, 2.24) is 14.2 Å². The number of sulfonamides is 1. The van der Waals surface area contributed by atoms with Gasteiger partial charge in [0, 0.05) is 55.4 Å². The van der Waals surface area contributed by atoms with Crippen molar-refractivity contribution < 1.29 is 13.2 Å². The van der Waals surface area contributed by atoms with Gasteiger partial charge < -0.3 is 15.2 Å². The van der Waals surface area contributed by atoms with Gasteiger partial charge in [0.2, 0.25) is 15.9 Å². The Hall–Kier alpha value is -2.68. The number of aryl methyl sites for hydroxylation is 1. The van der Waals surface area contributed by atoms with Crippen molar-refractivity contribution in [2.75, 3.05) is 38.5 Å². The van der Waals surface area contributed by atoms with Gasteiger partial charge in [0.15, 0.2) is 0 Å². The Morgan fingerprint density at radius 2 is 1.83 bits per heavy atom. The maximum absolute atomic E-state index is 12.9. The van der Waals surface area contributed by atoms with Crippen molar-refractivity contribution in [3.8, 4) is 0 Å². The van der Waals surface area contributed by atoms with E-state index in [1.54, 1.807) is 18.2 Å². The molecule has 1 saturated heterocycles. The molecule has 3 aromatic rings. The van der Waals surface area contributed by atoms with Crippen LogP contribution in [0.1, 0.15) is 12.0 Å². The molecule has 0 saturated carbocycles. The summed E-state index contributed by atoms with van der Waals surface area (Å²) in [6.07, 6.45) is 2.85. The van der Waals surface area contributed by atoms with E-state index in [0.29, 0.717) is 44.7 Å². The predicted molar refractivity (Wildman–Crippen MR) is 118 cm³/mol. The number of piperazine rings is 1. The number of nitrogens with one attached hydrogen (secondary N) is 2. The highest BCUT2D eigenvalue weighted by Gasteiger charge is 2.27. The van der Waals surface area contributed by atoms with Crippen LogP contribution in [0.3, 0.4) is 0 Å². The third-order valence-electron chi connectivity index (χ3n) is 5.51. The Bertz CT molecular complexity index is 1150. The minimum Gasteiger partial charge on any atom is -0.361 e. The van der Waals surface area contributed by atoms with Gasteiger partial charge in [-0.15, -0.1) is 0 Å². The van der Waals surface area contributed by atoms with Crippen LogP contribution in [0, 0.1) is 0 Å². The molecular formula is C22H26N4O3S. The van der Waals surface area contributed by atoms with Crippen LogP contribution >= 0.6 is 0 Å². The summed E-state index contributed by atoms with van der Waals surface area (Å²) >= 11 is 0. The lowest BCUT2D eigenvalue weighted by molar-refractivity contribution is -0.116. The van der Waals surface area contributed by atoms with Crippen LogP contribution in [0.2, 0.25) is 0 Å². The molecule has 2 N–H and O–H groups in total. The summed E-state index contributed by atoms with van der Waals surface area (Å²) in [5, 5.41) is 3.95. The predicted octanol–water partition coefficient (Wildman–Crippen LogP) is 2.68. The van der Waals surface area contributed by atoms with Crippen molar-refractivity contribution >= 4 is 32.5 Å². The first-order valence-corrected chi connectivity index (χ1v) is 11.5.